The zero-order valence-electron chi connectivity index (χ0n) is 22.4. The fourth-order valence-corrected chi connectivity index (χ4v) is 9.83. The lowest BCUT2D eigenvalue weighted by atomic mass is 9.81. The fourth-order valence-electron chi connectivity index (χ4n) is 4.19. The molecule has 1 aliphatic heterocycles. The van der Waals surface area contributed by atoms with E-state index in [1.54, 1.807) is 79.7 Å². The van der Waals surface area contributed by atoms with Gasteiger partial charge in [0.25, 0.3) is 0 Å². The molecule has 0 saturated heterocycles. The summed E-state index contributed by atoms with van der Waals surface area (Å²) in [6.45, 7) is 13.3. The third-order valence-electron chi connectivity index (χ3n) is 5.55. The number of imide groups is 1. The first kappa shape index (κ1) is 30.7. The van der Waals surface area contributed by atoms with Crippen LogP contribution >= 0.6 is 15.2 Å². The molecule has 1 aromatic rings. The molecule has 204 valence electrons. The monoisotopic (exact) mass is 547 g/mol. The van der Waals surface area contributed by atoms with Crippen LogP contribution in [0.25, 0.3) is 0 Å². The van der Waals surface area contributed by atoms with E-state index >= 15 is 0 Å². The van der Waals surface area contributed by atoms with E-state index in [1.807, 2.05) is 0 Å². The van der Waals surface area contributed by atoms with Gasteiger partial charge in [-0.15, -0.1) is 0 Å². The Bertz CT molecular complexity index is 989. The smallest absolute Gasteiger partial charge is 0.421 e. The van der Waals surface area contributed by atoms with Crippen molar-refractivity contribution in [2.45, 2.75) is 78.2 Å². The summed E-state index contributed by atoms with van der Waals surface area (Å²) in [7, 11) is -8.24. The Morgan fingerprint density at radius 2 is 1.36 bits per heavy atom. The first-order valence-corrected chi connectivity index (χ1v) is 15.4. The van der Waals surface area contributed by atoms with Gasteiger partial charge in [-0.05, 0) is 73.4 Å². The van der Waals surface area contributed by atoms with Crippen LogP contribution in [0.15, 0.2) is 24.3 Å². The highest BCUT2D eigenvalue weighted by atomic mass is 31.2. The summed E-state index contributed by atoms with van der Waals surface area (Å²) in [5.41, 5.74) is -1.45. The molecule has 12 heteroatoms. The summed E-state index contributed by atoms with van der Waals surface area (Å²) in [6.07, 6.45) is -1.12. The lowest BCUT2D eigenvalue weighted by Crippen LogP contribution is -2.45. The Kier molecular flexibility index (Phi) is 10.1. The van der Waals surface area contributed by atoms with E-state index in [2.05, 4.69) is 0 Å². The fraction of sp³-hybridized carbons (Fsp3) is 0.667. The SMILES string of the molecule is CCOP(=O)(OCC)C(C[C@]1(C)C(=O)N(C(=O)OC(C)(C)C)c2ccccc21)P(=O)(OCC)OCC. The highest BCUT2D eigenvalue weighted by molar-refractivity contribution is 7.72. The molecule has 1 heterocycles. The maximum absolute atomic E-state index is 14.1. The molecule has 10 nitrogen and oxygen atoms in total. The van der Waals surface area contributed by atoms with Crippen LogP contribution in [0.5, 0.6) is 0 Å². The lowest BCUT2D eigenvalue weighted by molar-refractivity contribution is -0.122. The molecule has 0 radical (unpaired) electrons. The van der Waals surface area contributed by atoms with Crippen molar-refractivity contribution < 1.29 is 41.6 Å². The van der Waals surface area contributed by atoms with Gasteiger partial charge in [0.15, 0.2) is 5.40 Å². The van der Waals surface area contributed by atoms with Crippen molar-refractivity contribution in [1.29, 1.82) is 0 Å². The summed E-state index contributed by atoms with van der Waals surface area (Å²) in [4.78, 5) is 28.0. The average Bonchev–Trinajstić information content (AvgIpc) is 2.99. The molecule has 0 N–H and O–H groups in total. The van der Waals surface area contributed by atoms with E-state index in [1.165, 1.54) is 0 Å². The van der Waals surface area contributed by atoms with Crippen molar-refractivity contribution in [2.24, 2.45) is 0 Å². The largest absolute Gasteiger partial charge is 0.443 e. The number of amides is 2. The first-order valence-electron chi connectivity index (χ1n) is 12.2. The molecular weight excluding hydrogens is 508 g/mol. The van der Waals surface area contributed by atoms with Crippen molar-refractivity contribution >= 4 is 32.9 Å². The van der Waals surface area contributed by atoms with E-state index in [0.717, 1.165) is 4.90 Å². The second-order valence-electron chi connectivity index (χ2n) is 9.41. The molecule has 1 atom stereocenters. The number of hydrogen-bond donors (Lipinski definition) is 0. The van der Waals surface area contributed by atoms with Crippen LogP contribution in [0, 0.1) is 0 Å². The minimum atomic E-state index is -4.12. The van der Waals surface area contributed by atoms with Gasteiger partial charge in [-0.25, -0.2) is 9.69 Å². The van der Waals surface area contributed by atoms with Crippen LogP contribution in [0.2, 0.25) is 0 Å². The highest BCUT2D eigenvalue weighted by Crippen LogP contribution is 2.73. The molecule has 0 spiro atoms. The number of nitrogens with zero attached hydrogens (tertiary/aromatic N) is 1. The van der Waals surface area contributed by atoms with Gasteiger partial charge in [0.2, 0.25) is 5.91 Å². The predicted octanol–water partition coefficient (Wildman–Crippen LogP) is 6.47. The molecule has 36 heavy (non-hydrogen) atoms. The van der Waals surface area contributed by atoms with Gasteiger partial charge in [0.1, 0.15) is 5.60 Å². The topological polar surface area (TPSA) is 118 Å². The summed E-state index contributed by atoms with van der Waals surface area (Å²) in [6, 6.07) is 6.76. The number of anilines is 1. The van der Waals surface area contributed by atoms with Crippen molar-refractivity contribution in [1.82, 2.24) is 0 Å². The van der Waals surface area contributed by atoms with Gasteiger partial charge >= 0.3 is 21.3 Å². The van der Waals surface area contributed by atoms with E-state index in [-0.39, 0.29) is 32.8 Å². The second-order valence-corrected chi connectivity index (χ2v) is 14.3. The molecule has 2 rings (SSSR count). The Morgan fingerprint density at radius 3 is 1.78 bits per heavy atom. The van der Waals surface area contributed by atoms with Crippen LogP contribution in [0.1, 0.15) is 67.4 Å². The summed E-state index contributed by atoms with van der Waals surface area (Å²) in [5, 5.41) is -1.43. The average molecular weight is 548 g/mol. The maximum atomic E-state index is 14.1. The van der Waals surface area contributed by atoms with Crippen molar-refractivity contribution in [3.8, 4) is 0 Å². The van der Waals surface area contributed by atoms with Gasteiger partial charge in [-0.2, -0.15) is 0 Å². The number of carbonyl (C=O) groups is 2. The number of fused-ring (bicyclic) bond motifs is 1. The third kappa shape index (κ3) is 6.29. The zero-order chi connectivity index (χ0) is 27.4. The Hall–Kier alpha value is -1.54. The van der Waals surface area contributed by atoms with E-state index < -0.39 is 43.6 Å². The Morgan fingerprint density at radius 1 is 0.917 bits per heavy atom. The number of benzene rings is 1. The van der Waals surface area contributed by atoms with Crippen LogP contribution in [-0.2, 0) is 42.2 Å². The number of hydrogen-bond acceptors (Lipinski definition) is 9. The van der Waals surface area contributed by atoms with E-state index in [9.17, 15) is 18.7 Å². The zero-order valence-corrected chi connectivity index (χ0v) is 24.2. The van der Waals surface area contributed by atoms with E-state index in [4.69, 9.17) is 22.8 Å². The predicted molar refractivity (Wildman–Crippen MR) is 138 cm³/mol. The quantitative estimate of drug-likeness (QED) is 0.271. The maximum Gasteiger partial charge on any atom is 0.421 e. The second kappa shape index (κ2) is 11.9. The van der Waals surface area contributed by atoms with Gasteiger partial charge < -0.3 is 22.8 Å². The molecule has 1 aromatic carbocycles. The molecule has 0 fully saturated rings. The third-order valence-corrected chi connectivity index (χ3v) is 11.5. The first-order chi connectivity index (χ1) is 16.7. The van der Waals surface area contributed by atoms with Crippen molar-refractivity contribution in [3.05, 3.63) is 29.8 Å². The summed E-state index contributed by atoms with van der Waals surface area (Å²) >= 11 is 0. The Labute approximate surface area is 214 Å². The van der Waals surface area contributed by atoms with Gasteiger partial charge in [-0.3, -0.25) is 13.9 Å². The number of carbonyl (C=O) groups excluding carboxylic acids is 2. The molecule has 0 saturated carbocycles. The summed E-state index contributed by atoms with van der Waals surface area (Å²) in [5.74, 6) is -0.609. The van der Waals surface area contributed by atoms with Crippen LogP contribution in [0.4, 0.5) is 10.5 Å². The molecular formula is C24H39NO9P2. The molecule has 0 aliphatic carbocycles. The summed E-state index contributed by atoms with van der Waals surface area (Å²) < 4.78 is 55.9. The Balaban J connectivity index is 2.70. The number of para-hydroxylation sites is 1. The van der Waals surface area contributed by atoms with E-state index in [0.29, 0.717) is 11.3 Å². The van der Waals surface area contributed by atoms with Crippen LogP contribution in [-0.4, -0.2) is 49.4 Å². The van der Waals surface area contributed by atoms with Gasteiger partial charge in [-0.1, -0.05) is 18.2 Å². The number of rotatable bonds is 12. The minimum absolute atomic E-state index is 0.0112. The number of ether oxygens (including phenoxy) is 1. The lowest BCUT2D eigenvalue weighted by Gasteiger charge is -2.35. The molecule has 2 amide bonds. The van der Waals surface area contributed by atoms with Gasteiger partial charge in [0.05, 0.1) is 37.5 Å². The van der Waals surface area contributed by atoms with Crippen LogP contribution < -0.4 is 4.90 Å². The van der Waals surface area contributed by atoms with Gasteiger partial charge in [0, 0.05) is 0 Å². The van der Waals surface area contributed by atoms with Crippen LogP contribution in [0.3, 0.4) is 0 Å². The standard InChI is InChI=1S/C24H39NO9P2/c1-9-30-35(28,31-10-2)20(36(29,32-11-3)33-12-4)17-24(8)18-15-13-14-16-19(18)25(21(24)26)22(27)34-23(5,6)7/h13-16,20H,9-12,17H2,1-8H3/t24-/m0/s1. The molecule has 0 unspecified atom stereocenters. The normalized spacial score (nSPS) is 18.6. The molecule has 0 bridgehead atoms. The molecule has 1 aliphatic rings. The minimum Gasteiger partial charge on any atom is -0.443 e. The van der Waals surface area contributed by atoms with Crippen molar-refractivity contribution in [2.75, 3.05) is 31.3 Å². The molecule has 0 aromatic heterocycles. The van der Waals surface area contributed by atoms with Crippen molar-refractivity contribution in [3.63, 3.8) is 0 Å². The highest BCUT2D eigenvalue weighted by Gasteiger charge is 2.59.